The van der Waals surface area contributed by atoms with Crippen LogP contribution >= 0.6 is 11.3 Å². The molecule has 4 unspecified atom stereocenters. The first-order valence-electron chi connectivity index (χ1n) is 11.5. The van der Waals surface area contributed by atoms with Crippen molar-refractivity contribution in [1.82, 2.24) is 4.98 Å². The van der Waals surface area contributed by atoms with Gasteiger partial charge >= 0.3 is 5.97 Å². The van der Waals surface area contributed by atoms with Crippen LogP contribution in [0.25, 0.3) is 6.08 Å². The molecule has 7 atom stereocenters. The minimum atomic E-state index is -1.16. The topological polar surface area (TPSA) is 109 Å². The van der Waals surface area contributed by atoms with Gasteiger partial charge in [0.05, 0.1) is 41.5 Å². The van der Waals surface area contributed by atoms with E-state index in [9.17, 15) is 19.8 Å². The van der Waals surface area contributed by atoms with Gasteiger partial charge in [0, 0.05) is 23.6 Å². The molecule has 0 saturated carbocycles. The second kappa shape index (κ2) is 11.0. The first-order valence-corrected chi connectivity index (χ1v) is 12.4. The summed E-state index contributed by atoms with van der Waals surface area (Å²) in [5.74, 6) is -2.14. The molecule has 32 heavy (non-hydrogen) atoms. The summed E-state index contributed by atoms with van der Waals surface area (Å²) in [7, 11) is 0. The van der Waals surface area contributed by atoms with Gasteiger partial charge in [0.15, 0.2) is 0 Å². The number of ether oxygens (including phenoxy) is 2. The van der Waals surface area contributed by atoms with Crippen LogP contribution in [-0.2, 0) is 19.1 Å². The Morgan fingerprint density at radius 2 is 1.81 bits per heavy atom. The molecular weight excluding hydrogens is 430 g/mol. The van der Waals surface area contributed by atoms with E-state index in [2.05, 4.69) is 4.98 Å². The molecule has 0 aromatic carbocycles. The molecule has 2 fully saturated rings. The Morgan fingerprint density at radius 1 is 1.12 bits per heavy atom. The molecule has 2 saturated heterocycles. The molecule has 0 radical (unpaired) electrons. The zero-order valence-electron chi connectivity index (χ0n) is 19.3. The summed E-state index contributed by atoms with van der Waals surface area (Å²) < 4.78 is 11.6. The highest BCUT2D eigenvalue weighted by Crippen LogP contribution is 2.34. The maximum absolute atomic E-state index is 12.7. The van der Waals surface area contributed by atoms with Crippen molar-refractivity contribution in [2.24, 2.45) is 11.8 Å². The second-order valence-corrected chi connectivity index (χ2v) is 10.3. The number of ketones is 1. The molecule has 8 heteroatoms. The molecule has 3 heterocycles. The fourth-order valence-corrected chi connectivity index (χ4v) is 4.82. The van der Waals surface area contributed by atoms with Gasteiger partial charge in [0.25, 0.3) is 0 Å². The lowest BCUT2D eigenvalue weighted by molar-refractivity contribution is -0.151. The number of aliphatic hydroxyl groups is 2. The van der Waals surface area contributed by atoms with Crippen LogP contribution in [0.2, 0.25) is 0 Å². The van der Waals surface area contributed by atoms with E-state index in [0.717, 1.165) is 35.5 Å². The number of nitrogens with zero attached hydrogens (tertiary/aromatic N) is 1. The van der Waals surface area contributed by atoms with Gasteiger partial charge in [-0.05, 0) is 38.3 Å². The largest absolute Gasteiger partial charge is 0.458 e. The van der Waals surface area contributed by atoms with Gasteiger partial charge in [-0.3, -0.25) is 9.59 Å². The SMILES string of the molecule is CC(=Cc1csc(C)n1)C1CC2OC2CCCC[C@H](O)[C@@H](C)C(=O)[C@H](C)C(O)CC(=O)O1. The maximum Gasteiger partial charge on any atom is 0.309 e. The summed E-state index contributed by atoms with van der Waals surface area (Å²) in [5.41, 5.74) is 1.70. The molecule has 7 nitrogen and oxygen atoms in total. The number of carbonyl (C=O) groups is 2. The van der Waals surface area contributed by atoms with E-state index in [1.165, 1.54) is 0 Å². The molecule has 2 N–H and O–H groups in total. The smallest absolute Gasteiger partial charge is 0.309 e. The third-order valence-corrected chi connectivity index (χ3v) is 7.39. The highest BCUT2D eigenvalue weighted by molar-refractivity contribution is 7.09. The Bertz CT molecular complexity index is 836. The molecule has 0 spiro atoms. The lowest BCUT2D eigenvalue weighted by Crippen LogP contribution is -2.37. The number of aliphatic hydroxyl groups excluding tert-OH is 2. The van der Waals surface area contributed by atoms with Gasteiger partial charge < -0.3 is 19.7 Å². The molecular formula is C24H35NO6S. The number of hydrogen-bond donors (Lipinski definition) is 2. The summed E-state index contributed by atoms with van der Waals surface area (Å²) in [5, 5.41) is 23.8. The number of epoxide rings is 1. The minimum absolute atomic E-state index is 0.0236. The van der Waals surface area contributed by atoms with Crippen molar-refractivity contribution < 1.29 is 29.3 Å². The van der Waals surface area contributed by atoms with Gasteiger partial charge in [-0.15, -0.1) is 11.3 Å². The number of aromatic nitrogens is 1. The van der Waals surface area contributed by atoms with Crippen LogP contribution in [0, 0.1) is 18.8 Å². The van der Waals surface area contributed by atoms with Crippen LogP contribution in [0.15, 0.2) is 11.0 Å². The monoisotopic (exact) mass is 465 g/mol. The molecule has 0 bridgehead atoms. The number of hydrogen-bond acceptors (Lipinski definition) is 8. The van der Waals surface area contributed by atoms with Gasteiger partial charge in [-0.1, -0.05) is 26.7 Å². The third kappa shape index (κ3) is 6.70. The summed E-state index contributed by atoms with van der Waals surface area (Å²) in [4.78, 5) is 29.8. The van der Waals surface area contributed by atoms with Crippen molar-refractivity contribution in [3.05, 3.63) is 21.7 Å². The number of carbonyl (C=O) groups excluding carboxylic acids is 2. The lowest BCUT2D eigenvalue weighted by Gasteiger charge is -2.25. The van der Waals surface area contributed by atoms with E-state index in [4.69, 9.17) is 9.47 Å². The van der Waals surface area contributed by atoms with E-state index in [1.54, 1.807) is 25.2 Å². The predicted molar refractivity (Wildman–Crippen MR) is 122 cm³/mol. The Morgan fingerprint density at radius 3 is 2.50 bits per heavy atom. The Kier molecular flexibility index (Phi) is 8.61. The molecule has 1 aromatic rings. The van der Waals surface area contributed by atoms with E-state index >= 15 is 0 Å². The summed E-state index contributed by atoms with van der Waals surface area (Å²) in [6, 6.07) is 0. The van der Waals surface area contributed by atoms with Crippen LogP contribution in [0.4, 0.5) is 0 Å². The van der Waals surface area contributed by atoms with Crippen LogP contribution in [0.1, 0.15) is 70.0 Å². The van der Waals surface area contributed by atoms with Crippen molar-refractivity contribution in [3.63, 3.8) is 0 Å². The van der Waals surface area contributed by atoms with Crippen molar-refractivity contribution in [2.45, 2.75) is 96.7 Å². The number of fused-ring (bicyclic) bond motifs is 1. The molecule has 1 aromatic heterocycles. The van der Waals surface area contributed by atoms with Gasteiger partial charge in [0.1, 0.15) is 11.9 Å². The number of esters is 1. The first-order chi connectivity index (χ1) is 15.2. The molecule has 2 aliphatic rings. The number of aryl methyl sites for hydroxylation is 1. The first kappa shape index (κ1) is 25.0. The van der Waals surface area contributed by atoms with E-state index < -0.39 is 36.1 Å². The number of Topliss-reactive ketones (excluding diaryl/α,β-unsaturated/α-hetero) is 1. The summed E-state index contributed by atoms with van der Waals surface area (Å²) >= 11 is 1.56. The Labute approximate surface area is 193 Å². The van der Waals surface area contributed by atoms with Gasteiger partial charge in [-0.25, -0.2) is 4.98 Å². The molecule has 178 valence electrons. The average molecular weight is 466 g/mol. The van der Waals surface area contributed by atoms with Crippen LogP contribution < -0.4 is 0 Å². The highest BCUT2D eigenvalue weighted by atomic mass is 32.1. The second-order valence-electron chi connectivity index (χ2n) is 9.21. The molecule has 2 aliphatic heterocycles. The summed E-state index contributed by atoms with van der Waals surface area (Å²) in [6.07, 6.45) is 3.07. The molecule has 3 rings (SSSR count). The molecule has 0 aliphatic carbocycles. The fourth-order valence-electron chi connectivity index (χ4n) is 4.25. The lowest BCUT2D eigenvalue weighted by atomic mass is 9.85. The zero-order chi connectivity index (χ0) is 23.4. The van der Waals surface area contributed by atoms with E-state index in [0.29, 0.717) is 12.8 Å². The predicted octanol–water partition coefficient (Wildman–Crippen LogP) is 3.45. The maximum atomic E-state index is 12.7. The number of cyclic esters (lactones) is 1. The van der Waals surface area contributed by atoms with Crippen LogP contribution in [-0.4, -0.2) is 57.5 Å². The van der Waals surface area contributed by atoms with Crippen molar-refractivity contribution in [3.8, 4) is 0 Å². The van der Waals surface area contributed by atoms with Crippen LogP contribution in [0.3, 0.4) is 0 Å². The van der Waals surface area contributed by atoms with E-state index in [1.807, 2.05) is 25.3 Å². The quantitative estimate of drug-likeness (QED) is 0.508. The average Bonchev–Trinajstić information content (AvgIpc) is 3.36. The summed E-state index contributed by atoms with van der Waals surface area (Å²) in [6.45, 7) is 7.13. The standard InChI is InChI=1S/C24H35NO6S/c1-13(9-17-12-32-16(4)25-17)21-11-22-20(30-22)8-6-5-7-18(26)14(2)24(29)15(3)19(27)10-23(28)31-21/h9,12,14-15,18-22,26-27H,5-8,10-11H2,1-4H3/t14-,15-,18+,19?,20?,21?,22?/m1/s1. The van der Waals surface area contributed by atoms with Crippen molar-refractivity contribution in [2.75, 3.05) is 0 Å². The van der Waals surface area contributed by atoms with E-state index in [-0.39, 0.29) is 24.4 Å². The molecule has 0 amide bonds. The third-order valence-electron chi connectivity index (χ3n) is 6.59. The fraction of sp³-hybridized carbons (Fsp3) is 0.708. The normalized spacial score (nSPS) is 35.8. The van der Waals surface area contributed by atoms with Crippen molar-refractivity contribution in [1.29, 1.82) is 0 Å². The zero-order valence-corrected chi connectivity index (χ0v) is 20.1. The highest BCUT2D eigenvalue weighted by Gasteiger charge is 2.41. The number of thiazole rings is 1. The van der Waals surface area contributed by atoms with Gasteiger partial charge in [0.2, 0.25) is 0 Å². The Hall–Kier alpha value is -1.61. The van der Waals surface area contributed by atoms with Crippen LogP contribution in [0.5, 0.6) is 0 Å². The minimum Gasteiger partial charge on any atom is -0.458 e. The Balaban J connectivity index is 1.75. The number of rotatable bonds is 2. The van der Waals surface area contributed by atoms with Gasteiger partial charge in [-0.2, -0.15) is 0 Å². The van der Waals surface area contributed by atoms with Crippen molar-refractivity contribution >= 4 is 29.2 Å².